The van der Waals surface area contributed by atoms with Crippen molar-refractivity contribution in [2.45, 2.75) is 33.9 Å². The van der Waals surface area contributed by atoms with Crippen LogP contribution in [0.3, 0.4) is 0 Å². The van der Waals surface area contributed by atoms with Crippen molar-refractivity contribution >= 4 is 5.91 Å². The van der Waals surface area contributed by atoms with Crippen molar-refractivity contribution in [3.8, 4) is 5.75 Å². The van der Waals surface area contributed by atoms with Crippen LogP contribution in [0.4, 0.5) is 0 Å². The lowest BCUT2D eigenvalue weighted by Crippen LogP contribution is -2.24. The highest BCUT2D eigenvalue weighted by atomic mass is 16.5. The van der Waals surface area contributed by atoms with E-state index in [1.54, 1.807) is 7.11 Å². The Morgan fingerprint density at radius 1 is 1.00 bits per heavy atom. The molecule has 2 aromatic carbocycles. The molecule has 0 saturated heterocycles. The summed E-state index contributed by atoms with van der Waals surface area (Å²) in [6, 6.07) is 16.0. The van der Waals surface area contributed by atoms with Crippen molar-refractivity contribution in [3.63, 3.8) is 0 Å². The van der Waals surface area contributed by atoms with Crippen LogP contribution in [-0.4, -0.2) is 22.8 Å². The molecule has 0 saturated carbocycles. The third-order valence-corrected chi connectivity index (χ3v) is 4.67. The van der Waals surface area contributed by atoms with Crippen molar-refractivity contribution in [2.24, 2.45) is 0 Å². The molecule has 1 N–H and O–H groups in total. The number of aromatic nitrogens is 2. The van der Waals surface area contributed by atoms with Gasteiger partial charge in [-0.05, 0) is 44.0 Å². The highest BCUT2D eigenvalue weighted by Crippen LogP contribution is 2.16. The zero-order chi connectivity index (χ0) is 19.4. The lowest BCUT2D eigenvalue weighted by atomic mass is 10.1. The first kappa shape index (κ1) is 18.7. The fraction of sp³-hybridized carbons (Fsp3) is 0.273. The number of hydrogen-bond donors (Lipinski definition) is 1. The van der Waals surface area contributed by atoms with E-state index in [9.17, 15) is 4.79 Å². The molecule has 5 heteroatoms. The van der Waals surface area contributed by atoms with E-state index in [2.05, 4.69) is 41.6 Å². The normalized spacial score (nSPS) is 10.7. The first-order valence-electron chi connectivity index (χ1n) is 8.98. The van der Waals surface area contributed by atoms with Gasteiger partial charge in [-0.3, -0.25) is 9.48 Å². The summed E-state index contributed by atoms with van der Waals surface area (Å²) in [5.74, 6) is 0.699. The van der Waals surface area contributed by atoms with E-state index in [4.69, 9.17) is 4.74 Å². The van der Waals surface area contributed by atoms with Gasteiger partial charge in [-0.1, -0.05) is 42.0 Å². The van der Waals surface area contributed by atoms with Gasteiger partial charge < -0.3 is 10.1 Å². The van der Waals surface area contributed by atoms with Crippen molar-refractivity contribution in [3.05, 3.63) is 82.2 Å². The van der Waals surface area contributed by atoms with Gasteiger partial charge in [-0.2, -0.15) is 5.10 Å². The number of aryl methyl sites for hydroxylation is 2. The van der Waals surface area contributed by atoms with E-state index >= 15 is 0 Å². The average Bonchev–Trinajstić information content (AvgIpc) is 2.95. The van der Waals surface area contributed by atoms with Gasteiger partial charge in [-0.25, -0.2) is 0 Å². The average molecular weight is 363 g/mol. The van der Waals surface area contributed by atoms with Gasteiger partial charge in [0.15, 0.2) is 0 Å². The van der Waals surface area contributed by atoms with E-state index in [1.165, 1.54) is 5.56 Å². The Morgan fingerprint density at radius 3 is 2.26 bits per heavy atom. The molecule has 3 aromatic rings. The summed E-state index contributed by atoms with van der Waals surface area (Å²) in [6.45, 7) is 7.00. The lowest BCUT2D eigenvalue weighted by Gasteiger charge is -2.08. The number of benzene rings is 2. The van der Waals surface area contributed by atoms with Gasteiger partial charge in [0.1, 0.15) is 5.75 Å². The maximum absolute atomic E-state index is 12.7. The number of hydrogen-bond acceptors (Lipinski definition) is 3. The van der Waals surface area contributed by atoms with Crippen molar-refractivity contribution in [2.75, 3.05) is 7.11 Å². The minimum atomic E-state index is -0.101. The summed E-state index contributed by atoms with van der Waals surface area (Å²) in [5.41, 5.74) is 5.68. The largest absolute Gasteiger partial charge is 0.497 e. The van der Waals surface area contributed by atoms with Crippen LogP contribution in [-0.2, 0) is 13.1 Å². The van der Waals surface area contributed by atoms with Gasteiger partial charge >= 0.3 is 0 Å². The topological polar surface area (TPSA) is 56.1 Å². The zero-order valence-electron chi connectivity index (χ0n) is 16.2. The molecule has 0 atom stereocenters. The lowest BCUT2D eigenvalue weighted by molar-refractivity contribution is 0.0949. The van der Waals surface area contributed by atoms with Crippen LogP contribution in [0.15, 0.2) is 48.5 Å². The molecule has 0 fully saturated rings. The van der Waals surface area contributed by atoms with Gasteiger partial charge in [-0.15, -0.1) is 0 Å². The van der Waals surface area contributed by atoms with E-state index in [-0.39, 0.29) is 5.91 Å². The Kier molecular flexibility index (Phi) is 5.60. The molecular weight excluding hydrogens is 338 g/mol. The molecule has 0 unspecified atom stereocenters. The van der Waals surface area contributed by atoms with Crippen molar-refractivity contribution in [1.82, 2.24) is 15.1 Å². The number of carbonyl (C=O) groups excluding carboxylic acids is 1. The van der Waals surface area contributed by atoms with Gasteiger partial charge in [0.05, 0.1) is 24.9 Å². The number of rotatable bonds is 6. The maximum Gasteiger partial charge on any atom is 0.255 e. The number of carbonyl (C=O) groups is 1. The van der Waals surface area contributed by atoms with Crippen LogP contribution in [0.25, 0.3) is 0 Å². The molecule has 5 nitrogen and oxygen atoms in total. The molecule has 1 amide bonds. The molecule has 1 aromatic heterocycles. The molecule has 1 heterocycles. The number of nitrogens with one attached hydrogen (secondary N) is 1. The smallest absolute Gasteiger partial charge is 0.255 e. The Hall–Kier alpha value is -3.08. The second-order valence-corrected chi connectivity index (χ2v) is 6.72. The van der Waals surface area contributed by atoms with Gasteiger partial charge in [0.2, 0.25) is 0 Å². The highest BCUT2D eigenvalue weighted by Gasteiger charge is 2.18. The third kappa shape index (κ3) is 4.37. The second-order valence-electron chi connectivity index (χ2n) is 6.72. The summed E-state index contributed by atoms with van der Waals surface area (Å²) in [7, 11) is 1.64. The number of methoxy groups -OCH3 is 1. The summed E-state index contributed by atoms with van der Waals surface area (Å²) < 4.78 is 7.05. The van der Waals surface area contributed by atoms with Crippen LogP contribution < -0.4 is 10.1 Å². The van der Waals surface area contributed by atoms with Crippen molar-refractivity contribution < 1.29 is 9.53 Å². The van der Waals surface area contributed by atoms with Crippen LogP contribution >= 0.6 is 0 Å². The van der Waals surface area contributed by atoms with Crippen molar-refractivity contribution in [1.29, 1.82) is 0 Å². The second kappa shape index (κ2) is 8.08. The molecule has 140 valence electrons. The standard InChI is InChI=1S/C22H25N3O2/c1-15-5-7-19(8-6-15)14-25-17(3)21(16(2)24-25)22(26)23-13-18-9-11-20(27-4)12-10-18/h5-12H,13-14H2,1-4H3,(H,23,26). The molecule has 3 rings (SSSR count). The summed E-state index contributed by atoms with van der Waals surface area (Å²) in [5, 5.41) is 7.55. The number of nitrogens with zero attached hydrogens (tertiary/aromatic N) is 2. The van der Waals surface area contributed by atoms with E-state index in [1.807, 2.05) is 42.8 Å². The molecule has 0 radical (unpaired) electrons. The maximum atomic E-state index is 12.7. The number of ether oxygens (including phenoxy) is 1. The molecule has 0 aliphatic carbocycles. The summed E-state index contributed by atoms with van der Waals surface area (Å²) in [4.78, 5) is 12.7. The molecule has 0 aliphatic rings. The SMILES string of the molecule is COc1ccc(CNC(=O)c2c(C)nn(Cc3ccc(C)cc3)c2C)cc1. The van der Waals surface area contributed by atoms with E-state index in [0.717, 1.165) is 28.3 Å². The van der Waals surface area contributed by atoms with Crippen LogP contribution in [0.5, 0.6) is 5.75 Å². The Balaban J connectivity index is 1.70. The fourth-order valence-corrected chi connectivity index (χ4v) is 3.06. The molecule has 0 spiro atoms. The molecule has 27 heavy (non-hydrogen) atoms. The molecule has 0 bridgehead atoms. The van der Waals surface area contributed by atoms with Crippen LogP contribution in [0, 0.1) is 20.8 Å². The monoisotopic (exact) mass is 363 g/mol. The first-order chi connectivity index (χ1) is 13.0. The predicted octanol–water partition coefficient (Wildman–Crippen LogP) is 3.80. The quantitative estimate of drug-likeness (QED) is 0.725. The predicted molar refractivity (Wildman–Crippen MR) is 106 cm³/mol. The minimum absolute atomic E-state index is 0.101. The van der Waals surface area contributed by atoms with E-state index in [0.29, 0.717) is 18.7 Å². The summed E-state index contributed by atoms with van der Waals surface area (Å²) in [6.07, 6.45) is 0. The highest BCUT2D eigenvalue weighted by molar-refractivity contribution is 5.96. The van der Waals surface area contributed by atoms with Gasteiger partial charge in [0, 0.05) is 12.2 Å². The van der Waals surface area contributed by atoms with E-state index < -0.39 is 0 Å². The van der Waals surface area contributed by atoms with Crippen LogP contribution in [0.1, 0.15) is 38.4 Å². The molecule has 0 aliphatic heterocycles. The zero-order valence-corrected chi connectivity index (χ0v) is 16.2. The summed E-state index contributed by atoms with van der Waals surface area (Å²) >= 11 is 0. The third-order valence-electron chi connectivity index (χ3n) is 4.67. The Morgan fingerprint density at radius 2 is 1.63 bits per heavy atom. The fourth-order valence-electron chi connectivity index (χ4n) is 3.06. The van der Waals surface area contributed by atoms with Gasteiger partial charge in [0.25, 0.3) is 5.91 Å². The Bertz CT molecular complexity index is 925. The first-order valence-corrected chi connectivity index (χ1v) is 8.98. The molecular formula is C22H25N3O2. The Labute approximate surface area is 160 Å². The van der Waals surface area contributed by atoms with Crippen LogP contribution in [0.2, 0.25) is 0 Å². The number of amides is 1. The minimum Gasteiger partial charge on any atom is -0.497 e.